The molecule has 0 spiro atoms. The molecule has 0 aliphatic carbocycles. The van der Waals surface area contributed by atoms with E-state index in [4.69, 9.17) is 14.2 Å². The zero-order chi connectivity index (χ0) is 15.1. The van der Waals surface area contributed by atoms with Gasteiger partial charge in [-0.2, -0.15) is 0 Å². The number of benzene rings is 2. The summed E-state index contributed by atoms with van der Waals surface area (Å²) in [6.07, 6.45) is 0. The van der Waals surface area contributed by atoms with Crippen molar-refractivity contribution in [3.8, 4) is 5.75 Å². The number of hydrogen-bond donors (Lipinski definition) is 1. The Hall–Kier alpha value is -2.11. The average molecular weight is 289 g/mol. The molecular formula is C16H19NO4. The van der Waals surface area contributed by atoms with Gasteiger partial charge in [0.25, 0.3) is 5.91 Å². The fraction of sp³-hybridized carbons (Fsp3) is 0.312. The first-order valence-electron chi connectivity index (χ1n) is 6.70. The van der Waals surface area contributed by atoms with Crippen LogP contribution in [0.15, 0.2) is 36.4 Å². The molecule has 5 heteroatoms. The lowest BCUT2D eigenvalue weighted by molar-refractivity contribution is -0.00841. The molecule has 21 heavy (non-hydrogen) atoms. The Labute approximate surface area is 123 Å². The number of hydrogen-bond acceptors (Lipinski definition) is 4. The summed E-state index contributed by atoms with van der Waals surface area (Å²) in [4.78, 5) is 11.6. The van der Waals surface area contributed by atoms with Crippen molar-refractivity contribution in [1.29, 1.82) is 0 Å². The van der Waals surface area contributed by atoms with Crippen molar-refractivity contribution in [2.45, 2.75) is 0 Å². The number of carbonyl (C=O) groups excluding carboxylic acids is 1. The first-order valence-corrected chi connectivity index (χ1v) is 6.70. The lowest BCUT2D eigenvalue weighted by atomic mass is 10.1. The Kier molecular flexibility index (Phi) is 5.54. The summed E-state index contributed by atoms with van der Waals surface area (Å²) in [5.74, 6) is 0.636. The monoisotopic (exact) mass is 289 g/mol. The van der Waals surface area contributed by atoms with E-state index in [1.165, 1.54) is 0 Å². The molecule has 0 saturated heterocycles. The number of methoxy groups -OCH3 is 1. The van der Waals surface area contributed by atoms with Gasteiger partial charge in [-0.25, -0.2) is 0 Å². The van der Waals surface area contributed by atoms with E-state index >= 15 is 0 Å². The topological polar surface area (TPSA) is 56.8 Å². The van der Waals surface area contributed by atoms with Crippen LogP contribution in [0.25, 0.3) is 10.8 Å². The second kappa shape index (κ2) is 7.61. The lowest BCUT2D eigenvalue weighted by Crippen LogP contribution is -2.17. The Balaban J connectivity index is 2.03. The molecule has 0 saturated carbocycles. The summed E-state index contributed by atoms with van der Waals surface area (Å²) in [6, 6.07) is 11.2. The van der Waals surface area contributed by atoms with Gasteiger partial charge >= 0.3 is 0 Å². The van der Waals surface area contributed by atoms with E-state index in [-0.39, 0.29) is 12.7 Å². The number of fused-ring (bicyclic) bond motifs is 1. The van der Waals surface area contributed by atoms with Crippen molar-refractivity contribution in [1.82, 2.24) is 5.32 Å². The maximum Gasteiger partial charge on any atom is 0.251 e. The Bertz CT molecular complexity index is 612. The summed E-state index contributed by atoms with van der Waals surface area (Å²) in [5, 5.41) is 4.61. The van der Waals surface area contributed by atoms with E-state index in [0.717, 1.165) is 16.5 Å². The molecule has 0 radical (unpaired) electrons. The first-order chi connectivity index (χ1) is 10.2. The van der Waals surface area contributed by atoms with Crippen molar-refractivity contribution in [2.75, 3.05) is 34.2 Å². The summed E-state index contributed by atoms with van der Waals surface area (Å²) < 4.78 is 15.6. The van der Waals surface area contributed by atoms with Crippen molar-refractivity contribution in [3.63, 3.8) is 0 Å². The molecule has 1 N–H and O–H groups in total. The fourth-order valence-corrected chi connectivity index (χ4v) is 1.91. The molecule has 2 aromatic carbocycles. The second-order valence-corrected chi connectivity index (χ2v) is 4.47. The van der Waals surface area contributed by atoms with Crippen LogP contribution in [-0.2, 0) is 9.47 Å². The molecule has 0 heterocycles. The van der Waals surface area contributed by atoms with E-state index in [9.17, 15) is 4.79 Å². The van der Waals surface area contributed by atoms with Gasteiger partial charge in [-0.1, -0.05) is 12.1 Å². The minimum Gasteiger partial charge on any atom is -0.468 e. The van der Waals surface area contributed by atoms with Crippen molar-refractivity contribution in [2.24, 2.45) is 0 Å². The van der Waals surface area contributed by atoms with Gasteiger partial charge in [0, 0.05) is 19.7 Å². The van der Waals surface area contributed by atoms with E-state index in [1.54, 1.807) is 20.2 Å². The molecule has 2 rings (SSSR count). The highest BCUT2D eigenvalue weighted by Crippen LogP contribution is 2.22. The molecule has 1 amide bonds. The Morgan fingerprint density at radius 2 is 1.86 bits per heavy atom. The minimum absolute atomic E-state index is 0.0937. The van der Waals surface area contributed by atoms with Crippen LogP contribution in [-0.4, -0.2) is 40.1 Å². The maximum atomic E-state index is 11.6. The van der Waals surface area contributed by atoms with Crippen LogP contribution in [0.5, 0.6) is 5.75 Å². The van der Waals surface area contributed by atoms with Crippen LogP contribution in [0.2, 0.25) is 0 Å². The van der Waals surface area contributed by atoms with Gasteiger partial charge in [-0.15, -0.1) is 0 Å². The Morgan fingerprint density at radius 3 is 2.62 bits per heavy atom. The van der Waals surface area contributed by atoms with Gasteiger partial charge in [0.1, 0.15) is 5.75 Å². The lowest BCUT2D eigenvalue weighted by Gasteiger charge is -2.08. The third kappa shape index (κ3) is 4.18. The molecule has 0 atom stereocenters. The summed E-state index contributed by atoms with van der Waals surface area (Å²) in [5.41, 5.74) is 0.640. The molecule has 0 aromatic heterocycles. The highest BCUT2D eigenvalue weighted by molar-refractivity contribution is 5.98. The standard InChI is InChI=1S/C16H19NO4/c1-17-16(18)14-4-3-13-10-15(6-5-12(13)9-14)21-11-20-8-7-19-2/h3-6,9-10H,7-8,11H2,1-2H3,(H,17,18). The molecule has 2 aromatic rings. The predicted octanol–water partition coefficient (Wildman–Crippen LogP) is 2.20. The van der Waals surface area contributed by atoms with Crippen molar-refractivity contribution < 1.29 is 19.0 Å². The quantitative estimate of drug-likeness (QED) is 0.627. The van der Waals surface area contributed by atoms with Gasteiger partial charge in [-0.05, 0) is 35.0 Å². The Morgan fingerprint density at radius 1 is 1.10 bits per heavy atom. The normalized spacial score (nSPS) is 10.6. The van der Waals surface area contributed by atoms with Gasteiger partial charge < -0.3 is 19.5 Å². The van der Waals surface area contributed by atoms with Crippen LogP contribution in [0, 0.1) is 0 Å². The molecule has 0 aliphatic rings. The fourth-order valence-electron chi connectivity index (χ4n) is 1.91. The summed E-state index contributed by atoms with van der Waals surface area (Å²) in [7, 11) is 3.24. The van der Waals surface area contributed by atoms with Gasteiger partial charge in [0.2, 0.25) is 0 Å². The highest BCUT2D eigenvalue weighted by atomic mass is 16.7. The maximum absolute atomic E-state index is 11.6. The second-order valence-electron chi connectivity index (χ2n) is 4.47. The van der Waals surface area contributed by atoms with E-state index in [0.29, 0.717) is 18.8 Å². The van der Waals surface area contributed by atoms with E-state index in [1.807, 2.05) is 30.3 Å². The first kappa shape index (κ1) is 15.3. The van der Waals surface area contributed by atoms with Crippen molar-refractivity contribution >= 4 is 16.7 Å². The SMILES string of the molecule is CNC(=O)c1ccc2cc(OCOCCOC)ccc2c1. The average Bonchev–Trinajstić information content (AvgIpc) is 2.53. The van der Waals surface area contributed by atoms with Crippen LogP contribution >= 0.6 is 0 Å². The molecule has 112 valence electrons. The minimum atomic E-state index is -0.0937. The van der Waals surface area contributed by atoms with Gasteiger partial charge in [0.05, 0.1) is 13.2 Å². The highest BCUT2D eigenvalue weighted by Gasteiger charge is 2.04. The van der Waals surface area contributed by atoms with Crippen LogP contribution < -0.4 is 10.1 Å². The van der Waals surface area contributed by atoms with Gasteiger partial charge in [0.15, 0.2) is 6.79 Å². The third-order valence-corrected chi connectivity index (χ3v) is 3.04. The largest absolute Gasteiger partial charge is 0.468 e. The summed E-state index contributed by atoms with van der Waals surface area (Å²) >= 11 is 0. The molecule has 0 aliphatic heterocycles. The zero-order valence-corrected chi connectivity index (χ0v) is 12.2. The smallest absolute Gasteiger partial charge is 0.251 e. The molecule has 5 nitrogen and oxygen atoms in total. The molecule has 0 unspecified atom stereocenters. The van der Waals surface area contributed by atoms with E-state index < -0.39 is 0 Å². The zero-order valence-electron chi connectivity index (χ0n) is 12.2. The summed E-state index contributed by atoms with van der Waals surface area (Å²) in [6.45, 7) is 1.23. The number of carbonyl (C=O) groups is 1. The molecule has 0 bridgehead atoms. The van der Waals surface area contributed by atoms with Gasteiger partial charge in [-0.3, -0.25) is 4.79 Å². The number of rotatable bonds is 7. The predicted molar refractivity (Wildman–Crippen MR) is 80.7 cm³/mol. The van der Waals surface area contributed by atoms with E-state index in [2.05, 4.69) is 5.32 Å². The number of amides is 1. The van der Waals surface area contributed by atoms with Crippen LogP contribution in [0.3, 0.4) is 0 Å². The molecular weight excluding hydrogens is 270 g/mol. The van der Waals surface area contributed by atoms with Crippen LogP contribution in [0.4, 0.5) is 0 Å². The number of ether oxygens (including phenoxy) is 3. The molecule has 0 fully saturated rings. The van der Waals surface area contributed by atoms with Crippen LogP contribution in [0.1, 0.15) is 10.4 Å². The van der Waals surface area contributed by atoms with Crippen molar-refractivity contribution in [3.05, 3.63) is 42.0 Å². The third-order valence-electron chi connectivity index (χ3n) is 3.04. The number of nitrogens with one attached hydrogen (secondary N) is 1.